The summed E-state index contributed by atoms with van der Waals surface area (Å²) >= 11 is 0. The van der Waals surface area contributed by atoms with Gasteiger partial charge in [-0.05, 0) is 43.9 Å². The van der Waals surface area contributed by atoms with Gasteiger partial charge in [-0.3, -0.25) is 9.48 Å². The normalized spacial score (nSPS) is 14.6. The summed E-state index contributed by atoms with van der Waals surface area (Å²) in [5.74, 6) is 1.16. The minimum Gasteiger partial charge on any atom is -0.444 e. The summed E-state index contributed by atoms with van der Waals surface area (Å²) in [5.41, 5.74) is 8.65. The smallest absolute Gasteiger partial charge is 0.277 e. The minimum absolute atomic E-state index is 0.137. The van der Waals surface area contributed by atoms with Crippen molar-refractivity contribution < 1.29 is 14.3 Å². The minimum atomic E-state index is -0.411. The molecule has 0 aliphatic carbocycles. The van der Waals surface area contributed by atoms with Gasteiger partial charge < -0.3 is 25.5 Å². The molecule has 1 fully saturated rings. The number of anilines is 3. The Morgan fingerprint density at radius 1 is 1.29 bits per heavy atom. The van der Waals surface area contributed by atoms with Gasteiger partial charge in [-0.2, -0.15) is 5.10 Å². The average Bonchev–Trinajstić information content (AvgIpc) is 3.44. The monoisotopic (exact) mass is 462 g/mol. The van der Waals surface area contributed by atoms with E-state index in [0.29, 0.717) is 22.9 Å². The maximum absolute atomic E-state index is 13.1. The summed E-state index contributed by atoms with van der Waals surface area (Å²) in [7, 11) is 1.85. The number of amides is 1. The van der Waals surface area contributed by atoms with E-state index in [1.165, 1.54) is 6.26 Å². The Bertz CT molecular complexity index is 1350. The van der Waals surface area contributed by atoms with Crippen molar-refractivity contribution in [2.24, 2.45) is 13.0 Å². The Morgan fingerprint density at radius 2 is 2.09 bits per heavy atom. The van der Waals surface area contributed by atoms with Crippen LogP contribution < -0.4 is 16.0 Å². The number of nitrogens with zero attached hydrogens (tertiary/aromatic N) is 6. The van der Waals surface area contributed by atoms with Gasteiger partial charge in [0, 0.05) is 43.9 Å². The topological polar surface area (TPSA) is 148 Å². The summed E-state index contributed by atoms with van der Waals surface area (Å²) in [4.78, 5) is 28.4. The molecule has 0 spiro atoms. The zero-order valence-corrected chi connectivity index (χ0v) is 19.0. The Hall–Kier alpha value is -3.99. The third kappa shape index (κ3) is 4.05. The number of aliphatic hydroxyl groups is 1. The average molecular weight is 463 g/mol. The second kappa shape index (κ2) is 8.75. The number of hydrogen-bond acceptors (Lipinski definition) is 9. The highest BCUT2D eigenvalue weighted by Gasteiger charge is 2.25. The molecule has 4 aromatic rings. The molecule has 1 aliphatic rings. The molecule has 5 heterocycles. The van der Waals surface area contributed by atoms with E-state index < -0.39 is 5.91 Å². The van der Waals surface area contributed by atoms with Crippen LogP contribution in [-0.4, -0.2) is 55.4 Å². The van der Waals surface area contributed by atoms with Gasteiger partial charge in [0.15, 0.2) is 17.2 Å². The number of aryl methyl sites for hydroxylation is 2. The summed E-state index contributed by atoms with van der Waals surface area (Å²) in [5, 5.41) is 17.8. The third-order valence-electron chi connectivity index (χ3n) is 6.16. The molecule has 176 valence electrons. The van der Waals surface area contributed by atoms with Crippen LogP contribution in [0.15, 0.2) is 35.1 Å². The predicted molar refractivity (Wildman–Crippen MR) is 127 cm³/mol. The van der Waals surface area contributed by atoms with Crippen molar-refractivity contribution in [2.75, 3.05) is 35.6 Å². The lowest BCUT2D eigenvalue weighted by molar-refractivity contribution is 0.102. The molecular weight excluding hydrogens is 436 g/mol. The van der Waals surface area contributed by atoms with Crippen LogP contribution in [-0.2, 0) is 7.05 Å². The first-order valence-corrected chi connectivity index (χ1v) is 11.1. The molecule has 0 aromatic carbocycles. The Kier molecular flexibility index (Phi) is 5.62. The molecule has 1 amide bonds. The first-order chi connectivity index (χ1) is 16.4. The number of piperidine rings is 1. The molecule has 4 N–H and O–H groups in total. The molecule has 4 aromatic heterocycles. The predicted octanol–water partition coefficient (Wildman–Crippen LogP) is 2.37. The third-order valence-corrected chi connectivity index (χ3v) is 6.16. The highest BCUT2D eigenvalue weighted by molar-refractivity contribution is 6.05. The molecular formula is C23H26N8O3. The van der Waals surface area contributed by atoms with E-state index in [1.807, 2.05) is 20.0 Å². The largest absolute Gasteiger partial charge is 0.444 e. The number of carbonyl (C=O) groups is 1. The molecule has 34 heavy (non-hydrogen) atoms. The van der Waals surface area contributed by atoms with Crippen molar-refractivity contribution >= 4 is 34.3 Å². The number of nitrogens with one attached hydrogen (secondary N) is 1. The van der Waals surface area contributed by atoms with Crippen LogP contribution in [0.25, 0.3) is 22.5 Å². The Balaban J connectivity index is 1.46. The molecule has 0 atom stereocenters. The van der Waals surface area contributed by atoms with Crippen LogP contribution in [0.1, 0.15) is 29.0 Å². The summed E-state index contributed by atoms with van der Waals surface area (Å²) < 4.78 is 7.25. The Morgan fingerprint density at radius 3 is 2.82 bits per heavy atom. The van der Waals surface area contributed by atoms with Crippen molar-refractivity contribution in [3.05, 3.63) is 42.0 Å². The maximum Gasteiger partial charge on any atom is 0.277 e. The second-order valence-electron chi connectivity index (χ2n) is 8.51. The molecule has 0 saturated carbocycles. The number of aromatic nitrogens is 5. The molecule has 1 aliphatic heterocycles. The SMILES string of the molecule is Cc1nn(C)c2nc(N3CCC(CO)CC3)c(NC(=O)c3coc(-c4ccnc(N)c4)n3)cc12. The number of nitrogens with two attached hydrogens (primary N) is 1. The van der Waals surface area contributed by atoms with Crippen LogP contribution in [0.2, 0.25) is 0 Å². The fourth-order valence-corrected chi connectivity index (χ4v) is 4.27. The lowest BCUT2D eigenvalue weighted by Gasteiger charge is -2.33. The maximum atomic E-state index is 13.1. The van der Waals surface area contributed by atoms with E-state index in [9.17, 15) is 9.90 Å². The van der Waals surface area contributed by atoms with Crippen LogP contribution in [0.3, 0.4) is 0 Å². The van der Waals surface area contributed by atoms with Crippen LogP contribution in [0.4, 0.5) is 17.3 Å². The fraction of sp³-hybridized carbons (Fsp3) is 0.348. The van der Waals surface area contributed by atoms with Gasteiger partial charge in [0.05, 0.1) is 11.4 Å². The zero-order valence-electron chi connectivity index (χ0n) is 19.0. The lowest BCUT2D eigenvalue weighted by Crippen LogP contribution is -2.36. The quantitative estimate of drug-likeness (QED) is 0.406. The molecule has 0 bridgehead atoms. The van der Waals surface area contributed by atoms with Crippen molar-refractivity contribution in [1.29, 1.82) is 0 Å². The second-order valence-corrected chi connectivity index (χ2v) is 8.51. The highest BCUT2D eigenvalue weighted by Crippen LogP contribution is 2.32. The molecule has 11 heteroatoms. The van der Waals surface area contributed by atoms with E-state index in [1.54, 1.807) is 23.0 Å². The van der Waals surface area contributed by atoms with Gasteiger partial charge in [0.25, 0.3) is 5.91 Å². The molecule has 11 nitrogen and oxygen atoms in total. The van der Waals surface area contributed by atoms with E-state index in [0.717, 1.165) is 42.7 Å². The first-order valence-electron chi connectivity index (χ1n) is 11.1. The van der Waals surface area contributed by atoms with Gasteiger partial charge >= 0.3 is 0 Å². The highest BCUT2D eigenvalue weighted by atomic mass is 16.3. The van der Waals surface area contributed by atoms with E-state index >= 15 is 0 Å². The molecule has 0 unspecified atom stereocenters. The number of aliphatic hydroxyl groups excluding tert-OH is 1. The van der Waals surface area contributed by atoms with Crippen molar-refractivity contribution in [2.45, 2.75) is 19.8 Å². The number of fused-ring (bicyclic) bond motifs is 1. The van der Waals surface area contributed by atoms with Gasteiger partial charge in [0.1, 0.15) is 12.1 Å². The van der Waals surface area contributed by atoms with Gasteiger partial charge in [-0.1, -0.05) is 0 Å². The lowest BCUT2D eigenvalue weighted by atomic mass is 9.98. The Labute approximate surface area is 195 Å². The first kappa shape index (κ1) is 21.8. The van der Waals surface area contributed by atoms with Crippen LogP contribution in [0, 0.1) is 12.8 Å². The van der Waals surface area contributed by atoms with Crippen LogP contribution in [0.5, 0.6) is 0 Å². The van der Waals surface area contributed by atoms with Gasteiger partial charge in [-0.25, -0.2) is 15.0 Å². The van der Waals surface area contributed by atoms with Gasteiger partial charge in [0.2, 0.25) is 5.89 Å². The van der Waals surface area contributed by atoms with E-state index in [4.69, 9.17) is 15.1 Å². The summed E-state index contributed by atoms with van der Waals surface area (Å²) in [6, 6.07) is 5.24. The van der Waals surface area contributed by atoms with E-state index in [-0.39, 0.29) is 24.1 Å². The molecule has 1 saturated heterocycles. The number of pyridine rings is 2. The number of rotatable bonds is 5. The summed E-state index contributed by atoms with van der Waals surface area (Å²) in [6.07, 6.45) is 4.58. The van der Waals surface area contributed by atoms with Crippen molar-refractivity contribution in [3.63, 3.8) is 0 Å². The van der Waals surface area contributed by atoms with Gasteiger partial charge in [-0.15, -0.1) is 0 Å². The van der Waals surface area contributed by atoms with Crippen molar-refractivity contribution in [1.82, 2.24) is 24.7 Å². The summed E-state index contributed by atoms with van der Waals surface area (Å²) in [6.45, 7) is 3.57. The molecule has 0 radical (unpaired) electrons. The zero-order chi connectivity index (χ0) is 23.8. The standard InChI is InChI=1S/C23H26N8O3/c1-13-16-10-17(21(28-20(16)30(2)29-13)31-7-4-14(11-32)5-8-31)26-22(33)18-12-34-23(27-18)15-3-6-25-19(24)9-15/h3,6,9-10,12,14,32H,4-5,7-8,11H2,1-2H3,(H2,24,25)(H,26,33). The van der Waals surface area contributed by atoms with E-state index in [2.05, 4.69) is 25.3 Å². The number of nitrogen functional groups attached to an aromatic ring is 1. The van der Waals surface area contributed by atoms with Crippen molar-refractivity contribution in [3.8, 4) is 11.5 Å². The number of hydrogen-bond donors (Lipinski definition) is 3. The fourth-order valence-electron chi connectivity index (χ4n) is 4.27. The molecule has 5 rings (SSSR count). The number of oxazole rings is 1. The number of carbonyl (C=O) groups excluding carboxylic acids is 1. The van der Waals surface area contributed by atoms with Crippen LogP contribution >= 0.6 is 0 Å².